The van der Waals surface area contributed by atoms with Crippen molar-refractivity contribution in [3.63, 3.8) is 0 Å². The van der Waals surface area contributed by atoms with Gasteiger partial charge in [0.05, 0.1) is 12.1 Å². The maximum Gasteiger partial charge on any atom is 0.374 e. The maximum atomic E-state index is 13.0. The molecule has 8 heteroatoms. The fourth-order valence-electron chi connectivity index (χ4n) is 2.63. The van der Waals surface area contributed by atoms with Gasteiger partial charge in [-0.15, -0.1) is 0 Å². The molecule has 1 aliphatic heterocycles. The molecule has 3 rings (SSSR count). The molecule has 24 heavy (non-hydrogen) atoms. The van der Waals surface area contributed by atoms with Crippen molar-refractivity contribution in [1.82, 2.24) is 13.7 Å². The number of fused-ring (bicyclic) bond motifs is 1. The molecule has 0 amide bonds. The molecule has 0 aromatic carbocycles. The van der Waals surface area contributed by atoms with Crippen LogP contribution < -0.4 is 0 Å². The standard InChI is InChI=1S/C16H19N3O4S/c1-3-23-16(20)14-17-15(13-6-4-5-9-19(13)14)24(21,22)18-10-7-12(2)8-11-18/h4-7,9H,3,8,10-11H2,1-2H3. The molecule has 2 aromatic heterocycles. The largest absolute Gasteiger partial charge is 0.460 e. The molecule has 1 aliphatic rings. The molecular weight excluding hydrogens is 330 g/mol. The third-order valence-electron chi connectivity index (χ3n) is 3.96. The summed E-state index contributed by atoms with van der Waals surface area (Å²) < 4.78 is 33.8. The summed E-state index contributed by atoms with van der Waals surface area (Å²) in [5.74, 6) is -0.677. The minimum atomic E-state index is -3.79. The lowest BCUT2D eigenvalue weighted by Crippen LogP contribution is -2.35. The average molecular weight is 349 g/mol. The van der Waals surface area contributed by atoms with Crippen LogP contribution in [0.4, 0.5) is 0 Å². The van der Waals surface area contributed by atoms with Crippen molar-refractivity contribution in [2.45, 2.75) is 25.3 Å². The quantitative estimate of drug-likeness (QED) is 0.621. The van der Waals surface area contributed by atoms with Crippen LogP contribution in [0, 0.1) is 0 Å². The van der Waals surface area contributed by atoms with Gasteiger partial charge in [-0.05, 0) is 32.4 Å². The fraction of sp³-hybridized carbons (Fsp3) is 0.375. The van der Waals surface area contributed by atoms with Crippen molar-refractivity contribution in [2.24, 2.45) is 0 Å². The SMILES string of the molecule is CCOC(=O)c1nc(S(=O)(=O)N2CC=C(C)CC2)c2ccccn12. The van der Waals surface area contributed by atoms with Crippen LogP contribution in [0.1, 0.15) is 30.9 Å². The number of carbonyl (C=O) groups excluding carboxylic acids is 1. The highest BCUT2D eigenvalue weighted by Crippen LogP contribution is 2.24. The number of esters is 1. The second-order valence-corrected chi connectivity index (χ2v) is 7.43. The monoisotopic (exact) mass is 349 g/mol. The highest BCUT2D eigenvalue weighted by atomic mass is 32.2. The van der Waals surface area contributed by atoms with Crippen molar-refractivity contribution < 1.29 is 17.9 Å². The molecule has 0 saturated heterocycles. The topological polar surface area (TPSA) is 81.0 Å². The zero-order valence-electron chi connectivity index (χ0n) is 13.6. The first-order valence-corrected chi connectivity index (χ1v) is 9.19. The van der Waals surface area contributed by atoms with Crippen molar-refractivity contribution >= 4 is 21.5 Å². The summed E-state index contributed by atoms with van der Waals surface area (Å²) in [6.45, 7) is 4.58. The number of hydrogen-bond acceptors (Lipinski definition) is 5. The third-order valence-corrected chi connectivity index (χ3v) is 5.76. The van der Waals surface area contributed by atoms with E-state index in [4.69, 9.17) is 4.74 Å². The predicted octanol–water partition coefficient (Wildman–Crippen LogP) is 1.85. The van der Waals surface area contributed by atoms with Gasteiger partial charge in [0, 0.05) is 19.3 Å². The number of hydrogen-bond donors (Lipinski definition) is 0. The van der Waals surface area contributed by atoms with Crippen LogP contribution in [0.3, 0.4) is 0 Å². The fourth-order valence-corrected chi connectivity index (χ4v) is 4.11. The molecule has 0 saturated carbocycles. The zero-order chi connectivity index (χ0) is 17.3. The third kappa shape index (κ3) is 2.83. The number of rotatable bonds is 4. The summed E-state index contributed by atoms with van der Waals surface area (Å²) in [6, 6.07) is 5.06. The van der Waals surface area contributed by atoms with Crippen molar-refractivity contribution in [3.05, 3.63) is 41.9 Å². The van der Waals surface area contributed by atoms with E-state index in [1.165, 1.54) is 14.3 Å². The Hall–Kier alpha value is -2.19. The maximum absolute atomic E-state index is 13.0. The molecule has 0 unspecified atom stereocenters. The van der Waals surface area contributed by atoms with Crippen molar-refractivity contribution in [1.29, 1.82) is 0 Å². The van der Waals surface area contributed by atoms with E-state index in [9.17, 15) is 13.2 Å². The Kier molecular flexibility index (Phi) is 4.42. The smallest absolute Gasteiger partial charge is 0.374 e. The summed E-state index contributed by atoms with van der Waals surface area (Å²) in [5, 5.41) is -0.112. The molecule has 7 nitrogen and oxygen atoms in total. The summed E-state index contributed by atoms with van der Waals surface area (Å²) >= 11 is 0. The number of imidazole rings is 1. The van der Waals surface area contributed by atoms with E-state index < -0.39 is 16.0 Å². The van der Waals surface area contributed by atoms with Gasteiger partial charge in [0.25, 0.3) is 10.0 Å². The Labute approximate surface area is 140 Å². The second-order valence-electron chi connectivity index (χ2n) is 5.58. The molecule has 0 bridgehead atoms. The minimum Gasteiger partial charge on any atom is -0.460 e. The molecule has 0 spiro atoms. The van der Waals surface area contributed by atoms with Crippen molar-refractivity contribution in [2.75, 3.05) is 19.7 Å². The van der Waals surface area contributed by atoms with Gasteiger partial charge in [0.1, 0.15) is 0 Å². The van der Waals surface area contributed by atoms with E-state index in [2.05, 4.69) is 4.98 Å². The Morgan fingerprint density at radius 2 is 2.17 bits per heavy atom. The van der Waals surface area contributed by atoms with E-state index >= 15 is 0 Å². The van der Waals surface area contributed by atoms with Crippen LogP contribution in [-0.4, -0.2) is 47.8 Å². The van der Waals surface area contributed by atoms with E-state index in [-0.39, 0.29) is 17.5 Å². The van der Waals surface area contributed by atoms with Gasteiger partial charge in [0.2, 0.25) is 5.82 Å². The molecule has 0 atom stereocenters. The van der Waals surface area contributed by atoms with E-state index in [1.807, 2.05) is 13.0 Å². The van der Waals surface area contributed by atoms with Crippen molar-refractivity contribution in [3.8, 4) is 0 Å². The first kappa shape index (κ1) is 16.7. The molecule has 0 aliphatic carbocycles. The van der Waals surface area contributed by atoms with E-state index in [1.54, 1.807) is 31.3 Å². The summed E-state index contributed by atoms with van der Waals surface area (Å²) in [4.78, 5) is 16.2. The summed E-state index contributed by atoms with van der Waals surface area (Å²) in [6.07, 6.45) is 4.19. The number of ether oxygens (including phenoxy) is 1. The van der Waals surface area contributed by atoms with Gasteiger partial charge in [-0.3, -0.25) is 4.40 Å². The highest BCUT2D eigenvalue weighted by molar-refractivity contribution is 7.89. The molecule has 2 aromatic rings. The lowest BCUT2D eigenvalue weighted by molar-refractivity contribution is 0.0511. The van der Waals surface area contributed by atoms with Gasteiger partial charge in [0.15, 0.2) is 5.03 Å². The molecule has 0 fully saturated rings. The molecule has 0 N–H and O–H groups in total. The minimum absolute atomic E-state index is 0.0326. The summed E-state index contributed by atoms with van der Waals surface area (Å²) in [7, 11) is -3.79. The van der Waals surface area contributed by atoms with Crippen LogP contribution in [-0.2, 0) is 14.8 Å². The first-order chi connectivity index (χ1) is 11.4. The van der Waals surface area contributed by atoms with E-state index in [0.717, 1.165) is 0 Å². The van der Waals surface area contributed by atoms with Gasteiger partial charge in [-0.25, -0.2) is 18.2 Å². The lowest BCUT2D eigenvalue weighted by atomic mass is 10.1. The van der Waals surface area contributed by atoms with E-state index in [0.29, 0.717) is 25.0 Å². The van der Waals surface area contributed by atoms with Crippen LogP contribution >= 0.6 is 0 Å². The Morgan fingerprint density at radius 1 is 1.38 bits per heavy atom. The predicted molar refractivity (Wildman–Crippen MR) is 88.3 cm³/mol. The molecule has 3 heterocycles. The van der Waals surface area contributed by atoms with Crippen LogP contribution in [0.5, 0.6) is 0 Å². The Balaban J connectivity index is 2.11. The lowest BCUT2D eigenvalue weighted by Gasteiger charge is -2.23. The van der Waals surface area contributed by atoms with Gasteiger partial charge in [-0.1, -0.05) is 17.7 Å². The first-order valence-electron chi connectivity index (χ1n) is 7.75. The van der Waals surface area contributed by atoms with Crippen LogP contribution in [0.25, 0.3) is 5.52 Å². The van der Waals surface area contributed by atoms with Gasteiger partial charge in [-0.2, -0.15) is 4.31 Å². The van der Waals surface area contributed by atoms with Crippen LogP contribution in [0.2, 0.25) is 0 Å². The normalized spacial score (nSPS) is 16.2. The van der Waals surface area contributed by atoms with Gasteiger partial charge >= 0.3 is 5.97 Å². The molecular formula is C16H19N3O4S. The number of carbonyl (C=O) groups is 1. The highest BCUT2D eigenvalue weighted by Gasteiger charge is 2.32. The number of sulfonamides is 1. The molecule has 0 radical (unpaired) electrons. The Morgan fingerprint density at radius 3 is 2.83 bits per heavy atom. The van der Waals surface area contributed by atoms with Gasteiger partial charge < -0.3 is 4.74 Å². The second kappa shape index (κ2) is 6.37. The summed E-state index contributed by atoms with van der Waals surface area (Å²) in [5.41, 5.74) is 1.54. The number of pyridine rings is 1. The average Bonchev–Trinajstić information content (AvgIpc) is 2.96. The zero-order valence-corrected chi connectivity index (χ0v) is 14.4. The molecule has 128 valence electrons. The Bertz CT molecular complexity index is 915. The van der Waals surface area contributed by atoms with Crippen LogP contribution in [0.15, 0.2) is 41.1 Å². The number of aromatic nitrogens is 2. The number of nitrogens with zero attached hydrogens (tertiary/aromatic N) is 3.